The number of nitro groups is 2. The molecule has 0 aliphatic heterocycles. The number of hydrogen-bond acceptors (Lipinski definition) is 7. The summed E-state index contributed by atoms with van der Waals surface area (Å²) in [4.78, 5) is 21.6. The second-order valence-corrected chi connectivity index (χ2v) is 5.74. The van der Waals surface area contributed by atoms with Gasteiger partial charge >= 0.3 is 11.9 Å². The molecule has 0 atom stereocenters. The van der Waals surface area contributed by atoms with Gasteiger partial charge in [0.1, 0.15) is 5.69 Å². The summed E-state index contributed by atoms with van der Waals surface area (Å²) in [5, 5.41) is 33.3. The zero-order valence-electron chi connectivity index (χ0n) is 13.8. The van der Waals surface area contributed by atoms with Crippen molar-refractivity contribution in [2.45, 2.75) is 19.5 Å². The van der Waals surface area contributed by atoms with Crippen molar-refractivity contribution in [3.05, 3.63) is 43.5 Å². The smallest absolute Gasteiger partial charge is 0.355 e. The topological polar surface area (TPSA) is 125 Å². The number of rotatable bonds is 8. The molecule has 13 heteroatoms. The molecule has 0 saturated heterocycles. The number of halogens is 4. The van der Waals surface area contributed by atoms with Crippen LogP contribution < -0.4 is 10.2 Å². The van der Waals surface area contributed by atoms with Crippen LogP contribution in [0.4, 0.5) is 35.9 Å². The lowest BCUT2D eigenvalue weighted by molar-refractivity contribution is -0.392. The zero-order chi connectivity index (χ0) is 20.9. The standard InChI is InChI=1S/C14H13ClF3N5O4/c1-3-4-21(6-8(2)15)12-10(22(24)25)5-9(14(16,17)18)11(20-7-19)13(12)23(26)27/h5,20H,2-4,6H2,1H3. The number of nitrogens with zero attached hydrogens (tertiary/aromatic N) is 4. The average molecular weight is 408 g/mol. The van der Waals surface area contributed by atoms with E-state index in [1.165, 1.54) is 6.19 Å². The minimum Gasteiger partial charge on any atom is -0.355 e. The number of anilines is 2. The van der Waals surface area contributed by atoms with E-state index >= 15 is 0 Å². The Morgan fingerprint density at radius 2 is 2.00 bits per heavy atom. The van der Waals surface area contributed by atoms with Gasteiger partial charge in [0.2, 0.25) is 0 Å². The monoisotopic (exact) mass is 407 g/mol. The lowest BCUT2D eigenvalue weighted by atomic mass is 10.1. The lowest BCUT2D eigenvalue weighted by Gasteiger charge is -2.25. The summed E-state index contributed by atoms with van der Waals surface area (Å²) in [5.41, 5.74) is -5.96. The van der Waals surface area contributed by atoms with Crippen LogP contribution in [0.1, 0.15) is 18.9 Å². The minimum atomic E-state index is -5.18. The minimum absolute atomic E-state index is 0.00474. The maximum atomic E-state index is 13.3. The van der Waals surface area contributed by atoms with E-state index in [0.717, 1.165) is 4.90 Å². The molecule has 0 radical (unpaired) electrons. The zero-order valence-corrected chi connectivity index (χ0v) is 14.6. The van der Waals surface area contributed by atoms with E-state index in [2.05, 4.69) is 6.58 Å². The van der Waals surface area contributed by atoms with Crippen molar-refractivity contribution in [2.75, 3.05) is 23.3 Å². The van der Waals surface area contributed by atoms with E-state index in [1.807, 2.05) is 0 Å². The summed E-state index contributed by atoms with van der Waals surface area (Å²) in [5.74, 6) is 0. The van der Waals surface area contributed by atoms with Crippen molar-refractivity contribution in [1.82, 2.24) is 0 Å². The molecule has 0 spiro atoms. The van der Waals surface area contributed by atoms with Crippen molar-refractivity contribution in [1.29, 1.82) is 5.26 Å². The molecular weight excluding hydrogens is 395 g/mol. The molecule has 0 aliphatic rings. The van der Waals surface area contributed by atoms with Gasteiger partial charge in [-0.3, -0.25) is 25.5 Å². The quantitative estimate of drug-likeness (QED) is 0.293. The molecule has 0 fully saturated rings. The highest BCUT2D eigenvalue weighted by Crippen LogP contribution is 2.49. The lowest BCUT2D eigenvalue weighted by Crippen LogP contribution is -2.28. The van der Waals surface area contributed by atoms with Gasteiger partial charge in [0.25, 0.3) is 5.69 Å². The van der Waals surface area contributed by atoms with Crippen molar-refractivity contribution < 1.29 is 23.0 Å². The largest absolute Gasteiger partial charge is 0.418 e. The third-order valence-corrected chi connectivity index (χ3v) is 3.41. The van der Waals surface area contributed by atoms with Gasteiger partial charge in [-0.25, -0.2) is 0 Å². The fourth-order valence-corrected chi connectivity index (χ4v) is 2.57. The van der Waals surface area contributed by atoms with Gasteiger partial charge in [0.05, 0.1) is 22.0 Å². The summed E-state index contributed by atoms with van der Waals surface area (Å²) in [6.07, 6.45) is -3.64. The van der Waals surface area contributed by atoms with E-state index in [-0.39, 0.29) is 24.2 Å². The predicted octanol–water partition coefficient (Wildman–Crippen LogP) is 4.38. The maximum absolute atomic E-state index is 13.3. The Balaban J connectivity index is 4.06. The first-order valence-electron chi connectivity index (χ1n) is 7.25. The normalized spacial score (nSPS) is 10.8. The summed E-state index contributed by atoms with van der Waals surface area (Å²) >= 11 is 5.70. The molecule has 0 aromatic heterocycles. The molecule has 146 valence electrons. The van der Waals surface area contributed by atoms with Crippen LogP contribution in [-0.2, 0) is 6.18 Å². The van der Waals surface area contributed by atoms with Crippen LogP contribution in [0.3, 0.4) is 0 Å². The SMILES string of the molecule is C=C(Cl)CN(CCC)c1c([N+](=O)[O-])cc(C(F)(F)F)c(NC#N)c1[N+](=O)[O-]. The van der Waals surface area contributed by atoms with Crippen LogP contribution in [0, 0.1) is 31.7 Å². The van der Waals surface area contributed by atoms with Gasteiger partial charge in [0, 0.05) is 17.6 Å². The third kappa shape index (κ3) is 4.98. The van der Waals surface area contributed by atoms with E-state index in [1.54, 1.807) is 12.2 Å². The molecule has 27 heavy (non-hydrogen) atoms. The van der Waals surface area contributed by atoms with Gasteiger partial charge in [0.15, 0.2) is 11.9 Å². The van der Waals surface area contributed by atoms with Crippen LogP contribution in [0.15, 0.2) is 17.7 Å². The van der Waals surface area contributed by atoms with E-state index < -0.39 is 44.3 Å². The first kappa shape index (κ1) is 22.0. The molecule has 1 aromatic carbocycles. The second kappa shape index (κ2) is 8.54. The Hall–Kier alpha value is -3.07. The van der Waals surface area contributed by atoms with Crippen LogP contribution in [0.5, 0.6) is 0 Å². The van der Waals surface area contributed by atoms with Gasteiger partial charge < -0.3 is 4.90 Å². The van der Waals surface area contributed by atoms with E-state index in [4.69, 9.17) is 16.9 Å². The maximum Gasteiger partial charge on any atom is 0.418 e. The highest BCUT2D eigenvalue weighted by atomic mass is 35.5. The summed E-state index contributed by atoms with van der Waals surface area (Å²) < 4.78 is 39.9. The molecule has 1 aromatic rings. The number of nitriles is 1. The summed E-state index contributed by atoms with van der Waals surface area (Å²) in [7, 11) is 0. The molecule has 0 aliphatic carbocycles. The van der Waals surface area contributed by atoms with Crippen LogP contribution in [0.25, 0.3) is 0 Å². The first-order valence-corrected chi connectivity index (χ1v) is 7.63. The molecular formula is C14H13ClF3N5O4. The number of benzene rings is 1. The van der Waals surface area contributed by atoms with Crippen LogP contribution >= 0.6 is 11.6 Å². The third-order valence-electron chi connectivity index (χ3n) is 3.29. The summed E-state index contributed by atoms with van der Waals surface area (Å²) in [6.45, 7) is 4.78. The van der Waals surface area contributed by atoms with Crippen molar-refractivity contribution in [3.63, 3.8) is 0 Å². The van der Waals surface area contributed by atoms with Gasteiger partial charge in [-0.1, -0.05) is 25.1 Å². The highest BCUT2D eigenvalue weighted by molar-refractivity contribution is 6.29. The predicted molar refractivity (Wildman–Crippen MR) is 91.5 cm³/mol. The van der Waals surface area contributed by atoms with E-state index in [9.17, 15) is 33.4 Å². The fraction of sp³-hybridized carbons (Fsp3) is 0.357. The molecule has 0 bridgehead atoms. The number of nitro benzene ring substituents is 2. The van der Waals surface area contributed by atoms with Crippen LogP contribution in [-0.4, -0.2) is 22.9 Å². The Bertz CT molecular complexity index is 822. The molecule has 1 N–H and O–H groups in total. The number of hydrogen-bond donors (Lipinski definition) is 1. The van der Waals surface area contributed by atoms with Gasteiger partial charge in [-0.15, -0.1) is 0 Å². The molecule has 0 heterocycles. The van der Waals surface area contributed by atoms with Crippen molar-refractivity contribution in [2.24, 2.45) is 0 Å². The molecule has 0 unspecified atom stereocenters. The fourth-order valence-electron chi connectivity index (χ4n) is 2.43. The van der Waals surface area contributed by atoms with Crippen molar-refractivity contribution >= 4 is 34.4 Å². The number of alkyl halides is 3. The van der Waals surface area contributed by atoms with Gasteiger partial charge in [-0.2, -0.15) is 18.4 Å². The Kier molecular flexibility index (Phi) is 6.95. The number of nitrogens with one attached hydrogen (secondary N) is 1. The van der Waals surface area contributed by atoms with Crippen LogP contribution in [0.2, 0.25) is 0 Å². The molecule has 0 saturated carbocycles. The Labute approximate surface area is 155 Å². The van der Waals surface area contributed by atoms with Gasteiger partial charge in [-0.05, 0) is 6.42 Å². The second-order valence-electron chi connectivity index (χ2n) is 5.20. The van der Waals surface area contributed by atoms with E-state index in [0.29, 0.717) is 6.42 Å². The highest BCUT2D eigenvalue weighted by Gasteiger charge is 2.44. The average Bonchev–Trinajstić information content (AvgIpc) is 2.51. The summed E-state index contributed by atoms with van der Waals surface area (Å²) in [6, 6.07) is 0.154. The first-order chi connectivity index (χ1) is 12.4. The van der Waals surface area contributed by atoms with Crippen molar-refractivity contribution in [3.8, 4) is 6.19 Å². The Morgan fingerprint density at radius 3 is 2.37 bits per heavy atom. The Morgan fingerprint density at radius 1 is 1.41 bits per heavy atom. The molecule has 0 amide bonds. The molecule has 1 rings (SSSR count). The molecule has 9 nitrogen and oxygen atoms in total.